The molecular formula is C16H22O5. The first kappa shape index (κ1) is 17.0. The van der Waals surface area contributed by atoms with Crippen molar-refractivity contribution in [3.05, 3.63) is 17.2 Å². The van der Waals surface area contributed by atoms with Crippen molar-refractivity contribution in [1.29, 1.82) is 0 Å². The summed E-state index contributed by atoms with van der Waals surface area (Å²) < 4.78 is 0. The van der Waals surface area contributed by atoms with Gasteiger partial charge >= 0.3 is 0 Å². The maximum absolute atomic E-state index is 12.2. The number of hydrogen-bond acceptors (Lipinski definition) is 5. The number of phenolic OH excluding ortho intramolecular Hbond substituents is 3. The lowest BCUT2D eigenvalue weighted by Crippen LogP contribution is -2.15. The van der Waals surface area contributed by atoms with Gasteiger partial charge in [0, 0.05) is 17.9 Å². The van der Waals surface area contributed by atoms with E-state index in [1.165, 1.54) is 0 Å². The Kier molecular flexibility index (Phi) is 5.35. The van der Waals surface area contributed by atoms with Crippen molar-refractivity contribution in [3.63, 3.8) is 0 Å². The van der Waals surface area contributed by atoms with Crippen LogP contribution in [-0.4, -0.2) is 26.9 Å². The van der Waals surface area contributed by atoms with Crippen molar-refractivity contribution >= 4 is 11.6 Å². The monoisotopic (exact) mass is 294 g/mol. The molecule has 0 heterocycles. The maximum Gasteiger partial charge on any atom is 0.173 e. The van der Waals surface area contributed by atoms with Crippen LogP contribution in [0.15, 0.2) is 6.07 Å². The van der Waals surface area contributed by atoms with Gasteiger partial charge in [-0.05, 0) is 12.8 Å². The van der Waals surface area contributed by atoms with E-state index in [-0.39, 0.29) is 11.1 Å². The Morgan fingerprint density at radius 3 is 1.52 bits per heavy atom. The topological polar surface area (TPSA) is 94.8 Å². The average Bonchev–Trinajstić information content (AvgIpc) is 2.44. The van der Waals surface area contributed by atoms with Crippen LogP contribution in [0.25, 0.3) is 0 Å². The summed E-state index contributed by atoms with van der Waals surface area (Å²) >= 11 is 0. The third kappa shape index (κ3) is 3.17. The lowest BCUT2D eigenvalue weighted by molar-refractivity contribution is 0.0918. The Morgan fingerprint density at radius 2 is 1.24 bits per heavy atom. The zero-order valence-corrected chi connectivity index (χ0v) is 12.8. The number of aromatic hydroxyl groups is 3. The molecule has 0 aliphatic rings. The fourth-order valence-corrected chi connectivity index (χ4v) is 1.99. The molecule has 5 nitrogen and oxygen atoms in total. The van der Waals surface area contributed by atoms with Gasteiger partial charge in [-0.3, -0.25) is 9.59 Å². The van der Waals surface area contributed by atoms with Gasteiger partial charge in [0.1, 0.15) is 28.4 Å². The molecule has 0 amide bonds. The van der Waals surface area contributed by atoms with Crippen LogP contribution in [0.1, 0.15) is 61.3 Å². The maximum atomic E-state index is 12.2. The first-order valence-electron chi connectivity index (χ1n) is 7.12. The smallest absolute Gasteiger partial charge is 0.173 e. The van der Waals surface area contributed by atoms with Crippen molar-refractivity contribution in [2.75, 3.05) is 0 Å². The van der Waals surface area contributed by atoms with Gasteiger partial charge < -0.3 is 15.3 Å². The van der Waals surface area contributed by atoms with Gasteiger partial charge in [-0.1, -0.05) is 27.7 Å². The number of carbonyl (C=O) groups excluding carboxylic acids is 2. The fourth-order valence-electron chi connectivity index (χ4n) is 1.99. The van der Waals surface area contributed by atoms with Crippen LogP contribution in [0.4, 0.5) is 0 Å². The van der Waals surface area contributed by atoms with Gasteiger partial charge in [0.15, 0.2) is 11.6 Å². The summed E-state index contributed by atoms with van der Waals surface area (Å²) in [6, 6.07) is 0.935. The Morgan fingerprint density at radius 1 is 0.905 bits per heavy atom. The van der Waals surface area contributed by atoms with Gasteiger partial charge in [-0.2, -0.15) is 0 Å². The van der Waals surface area contributed by atoms with Crippen molar-refractivity contribution in [2.45, 2.75) is 40.5 Å². The SMILES string of the molecule is CC[C@@H](C)C(=O)c1c(O)cc(O)c(C(=O)[C@@H](C)CC)c1O. The standard InChI is InChI=1S/C16H22O5/c1-5-8(3)14(19)12-10(17)7-11(18)13(16(12)21)15(20)9(4)6-2/h7-9,17-18,21H,5-6H2,1-4H3/t8-,9+. The fraction of sp³-hybridized carbons (Fsp3) is 0.500. The zero-order chi connectivity index (χ0) is 16.3. The van der Waals surface area contributed by atoms with Crippen molar-refractivity contribution in [2.24, 2.45) is 11.8 Å². The number of rotatable bonds is 6. The molecule has 3 N–H and O–H groups in total. The molecule has 5 heteroatoms. The van der Waals surface area contributed by atoms with Crippen LogP contribution in [0.5, 0.6) is 17.2 Å². The zero-order valence-electron chi connectivity index (χ0n) is 12.8. The predicted molar refractivity (Wildman–Crippen MR) is 79.0 cm³/mol. The van der Waals surface area contributed by atoms with E-state index in [0.29, 0.717) is 12.8 Å². The molecule has 0 aliphatic carbocycles. The Hall–Kier alpha value is -2.04. The first-order valence-corrected chi connectivity index (χ1v) is 7.12. The van der Waals surface area contributed by atoms with Crippen LogP contribution in [0.3, 0.4) is 0 Å². The van der Waals surface area contributed by atoms with Gasteiger partial charge in [0.2, 0.25) is 0 Å². The predicted octanol–water partition coefficient (Wildman–Crippen LogP) is 3.26. The molecule has 116 valence electrons. The second-order valence-corrected chi connectivity index (χ2v) is 5.36. The third-order valence-corrected chi connectivity index (χ3v) is 3.87. The summed E-state index contributed by atoms with van der Waals surface area (Å²) in [5, 5.41) is 29.9. The van der Waals surface area contributed by atoms with E-state index in [0.717, 1.165) is 6.07 Å². The second-order valence-electron chi connectivity index (χ2n) is 5.36. The van der Waals surface area contributed by atoms with Crippen LogP contribution in [0.2, 0.25) is 0 Å². The minimum Gasteiger partial charge on any atom is -0.507 e. The highest BCUT2D eigenvalue weighted by Gasteiger charge is 2.29. The molecule has 1 rings (SSSR count). The lowest BCUT2D eigenvalue weighted by Gasteiger charge is -2.16. The summed E-state index contributed by atoms with van der Waals surface area (Å²) in [4.78, 5) is 24.5. The molecule has 21 heavy (non-hydrogen) atoms. The Bertz CT molecular complexity index is 516. The summed E-state index contributed by atoms with van der Waals surface area (Å²) in [6.45, 7) is 6.96. The Balaban J connectivity index is 3.49. The van der Waals surface area contributed by atoms with E-state index >= 15 is 0 Å². The van der Waals surface area contributed by atoms with E-state index in [1.807, 2.05) is 13.8 Å². The molecule has 0 aliphatic heterocycles. The molecule has 2 atom stereocenters. The lowest BCUT2D eigenvalue weighted by atomic mass is 9.89. The molecular weight excluding hydrogens is 272 g/mol. The van der Waals surface area contributed by atoms with Gasteiger partial charge in [0.05, 0.1) is 0 Å². The number of Topliss-reactive ketones (excluding diaryl/α,β-unsaturated/α-hetero) is 2. The van der Waals surface area contributed by atoms with Gasteiger partial charge in [0.25, 0.3) is 0 Å². The molecule has 0 saturated carbocycles. The summed E-state index contributed by atoms with van der Waals surface area (Å²) in [7, 11) is 0. The number of benzene rings is 1. The first-order chi connectivity index (χ1) is 9.76. The summed E-state index contributed by atoms with van der Waals surface area (Å²) in [5.74, 6) is -3.39. The molecule has 0 fully saturated rings. The second kappa shape index (κ2) is 6.61. The summed E-state index contributed by atoms with van der Waals surface area (Å²) in [6.07, 6.45) is 1.07. The number of phenols is 3. The van der Waals surface area contributed by atoms with E-state index < -0.39 is 40.7 Å². The van der Waals surface area contributed by atoms with Gasteiger partial charge in [-0.25, -0.2) is 0 Å². The van der Waals surface area contributed by atoms with Crippen molar-refractivity contribution in [3.8, 4) is 17.2 Å². The van der Waals surface area contributed by atoms with E-state index in [1.54, 1.807) is 13.8 Å². The molecule has 0 spiro atoms. The third-order valence-electron chi connectivity index (χ3n) is 3.87. The van der Waals surface area contributed by atoms with E-state index in [4.69, 9.17) is 0 Å². The molecule has 1 aromatic rings. The highest BCUT2D eigenvalue weighted by molar-refractivity contribution is 6.09. The van der Waals surface area contributed by atoms with Crippen LogP contribution in [-0.2, 0) is 0 Å². The molecule has 0 aromatic heterocycles. The quantitative estimate of drug-likeness (QED) is 0.700. The minimum absolute atomic E-state index is 0.297. The van der Waals surface area contributed by atoms with Crippen LogP contribution < -0.4 is 0 Å². The number of hydrogen-bond donors (Lipinski definition) is 3. The van der Waals surface area contributed by atoms with Crippen LogP contribution >= 0.6 is 0 Å². The highest BCUT2D eigenvalue weighted by Crippen LogP contribution is 2.40. The molecule has 0 radical (unpaired) electrons. The largest absolute Gasteiger partial charge is 0.507 e. The highest BCUT2D eigenvalue weighted by atomic mass is 16.3. The minimum atomic E-state index is -0.636. The van der Waals surface area contributed by atoms with Gasteiger partial charge in [-0.15, -0.1) is 0 Å². The van der Waals surface area contributed by atoms with Crippen LogP contribution in [0, 0.1) is 11.8 Å². The van der Waals surface area contributed by atoms with E-state index in [2.05, 4.69) is 0 Å². The molecule has 1 aromatic carbocycles. The average molecular weight is 294 g/mol. The normalized spacial score (nSPS) is 13.7. The molecule has 0 unspecified atom stereocenters. The van der Waals surface area contributed by atoms with Crippen molar-refractivity contribution in [1.82, 2.24) is 0 Å². The molecule has 0 saturated heterocycles. The molecule has 0 bridgehead atoms. The van der Waals surface area contributed by atoms with Crippen molar-refractivity contribution < 1.29 is 24.9 Å². The summed E-state index contributed by atoms with van der Waals surface area (Å²) in [5.41, 5.74) is -0.595. The Labute approximate surface area is 124 Å². The number of carbonyl (C=O) groups is 2. The van der Waals surface area contributed by atoms with E-state index in [9.17, 15) is 24.9 Å². The number of ketones is 2.